The summed E-state index contributed by atoms with van der Waals surface area (Å²) in [6.45, 7) is 2.35. The SMILES string of the molecule is CC(CS(=O)(=O)c1ccc2cc(Cl)ccc2c1)C(=O)N(C)C1CCN(C(=O)O)CC1. The first-order valence-corrected chi connectivity index (χ1v) is 11.8. The summed E-state index contributed by atoms with van der Waals surface area (Å²) >= 11 is 5.98. The molecule has 1 N–H and O–H groups in total. The molecular weight excluding hydrogens is 428 g/mol. The van der Waals surface area contributed by atoms with E-state index in [0.717, 1.165) is 10.8 Å². The standard InChI is InChI=1S/C21H25ClN2O5S/c1-14(20(25)23(2)18-7-9-24(10-8-18)21(26)27)13-30(28,29)19-6-4-15-11-17(22)5-3-16(15)12-19/h3-6,11-12,14,18H,7-10,13H2,1-2H3,(H,26,27). The highest BCUT2D eigenvalue weighted by atomic mass is 35.5. The summed E-state index contributed by atoms with van der Waals surface area (Å²) in [6.07, 6.45) is 0.127. The van der Waals surface area contributed by atoms with Gasteiger partial charge in [0.1, 0.15) is 0 Å². The summed E-state index contributed by atoms with van der Waals surface area (Å²) in [5.74, 6) is -1.25. The Kier molecular flexibility index (Phi) is 6.57. The molecule has 1 unspecified atom stereocenters. The molecule has 1 fully saturated rings. The minimum absolute atomic E-state index is 0.0938. The van der Waals surface area contributed by atoms with Gasteiger partial charge in [0.2, 0.25) is 5.91 Å². The molecule has 0 spiro atoms. The third-order valence-corrected chi connectivity index (χ3v) is 7.80. The smallest absolute Gasteiger partial charge is 0.407 e. The van der Waals surface area contributed by atoms with Crippen molar-refractivity contribution in [3.05, 3.63) is 41.4 Å². The van der Waals surface area contributed by atoms with Crippen LogP contribution in [0.3, 0.4) is 0 Å². The number of nitrogens with zero attached hydrogens (tertiary/aromatic N) is 2. The van der Waals surface area contributed by atoms with E-state index < -0.39 is 21.8 Å². The van der Waals surface area contributed by atoms with Gasteiger partial charge >= 0.3 is 6.09 Å². The molecule has 30 heavy (non-hydrogen) atoms. The Bertz CT molecular complexity index is 1060. The highest BCUT2D eigenvalue weighted by Gasteiger charge is 2.31. The zero-order chi connectivity index (χ0) is 22.1. The van der Waals surface area contributed by atoms with Crippen molar-refractivity contribution in [3.8, 4) is 0 Å². The molecule has 0 aliphatic carbocycles. The lowest BCUT2D eigenvalue weighted by molar-refractivity contribution is -0.135. The fraction of sp³-hybridized carbons (Fsp3) is 0.429. The Labute approximate surface area is 181 Å². The molecule has 9 heteroatoms. The minimum atomic E-state index is -3.66. The van der Waals surface area contributed by atoms with Gasteiger partial charge in [-0.2, -0.15) is 0 Å². The van der Waals surface area contributed by atoms with Crippen LogP contribution in [0.5, 0.6) is 0 Å². The average molecular weight is 453 g/mol. The average Bonchev–Trinajstić information content (AvgIpc) is 2.71. The highest BCUT2D eigenvalue weighted by molar-refractivity contribution is 7.91. The van der Waals surface area contributed by atoms with Gasteiger partial charge in [0.25, 0.3) is 0 Å². The summed E-state index contributed by atoms with van der Waals surface area (Å²) in [7, 11) is -2.00. The van der Waals surface area contributed by atoms with Crippen LogP contribution in [0.25, 0.3) is 10.8 Å². The minimum Gasteiger partial charge on any atom is -0.465 e. The highest BCUT2D eigenvalue weighted by Crippen LogP contribution is 2.25. The van der Waals surface area contributed by atoms with Gasteiger partial charge in [-0.25, -0.2) is 13.2 Å². The predicted octanol–water partition coefficient (Wildman–Crippen LogP) is 3.50. The van der Waals surface area contributed by atoms with E-state index in [1.54, 1.807) is 49.2 Å². The van der Waals surface area contributed by atoms with Crippen molar-refractivity contribution in [2.45, 2.75) is 30.7 Å². The number of halogens is 1. The summed E-state index contributed by atoms with van der Waals surface area (Å²) in [4.78, 5) is 26.9. The summed E-state index contributed by atoms with van der Waals surface area (Å²) in [5.41, 5.74) is 0. The van der Waals surface area contributed by atoms with E-state index in [-0.39, 0.29) is 22.6 Å². The number of benzene rings is 2. The van der Waals surface area contributed by atoms with Gasteiger partial charge in [-0.05, 0) is 47.9 Å². The molecule has 1 atom stereocenters. The number of carbonyl (C=O) groups excluding carboxylic acids is 1. The molecule has 162 valence electrons. The van der Waals surface area contributed by atoms with E-state index in [4.69, 9.17) is 16.7 Å². The van der Waals surface area contributed by atoms with Crippen molar-refractivity contribution < 1.29 is 23.1 Å². The molecule has 0 radical (unpaired) electrons. The maximum Gasteiger partial charge on any atom is 0.407 e. The summed E-state index contributed by atoms with van der Waals surface area (Å²) in [5, 5.41) is 11.2. The first-order chi connectivity index (χ1) is 14.1. The largest absolute Gasteiger partial charge is 0.465 e. The Balaban J connectivity index is 1.68. The van der Waals surface area contributed by atoms with Gasteiger partial charge < -0.3 is 14.9 Å². The number of rotatable bonds is 5. The van der Waals surface area contributed by atoms with Crippen LogP contribution in [-0.4, -0.2) is 67.3 Å². The Morgan fingerprint density at radius 1 is 1.17 bits per heavy atom. The van der Waals surface area contributed by atoms with Crippen LogP contribution in [0.2, 0.25) is 5.02 Å². The van der Waals surface area contributed by atoms with Crippen molar-refractivity contribution in [1.82, 2.24) is 9.80 Å². The maximum absolute atomic E-state index is 12.9. The van der Waals surface area contributed by atoms with E-state index in [9.17, 15) is 18.0 Å². The van der Waals surface area contributed by atoms with Crippen LogP contribution in [0, 0.1) is 5.92 Å². The molecule has 2 aromatic rings. The van der Waals surface area contributed by atoms with E-state index in [2.05, 4.69) is 0 Å². The number of sulfone groups is 1. The van der Waals surface area contributed by atoms with Crippen LogP contribution in [0.4, 0.5) is 4.79 Å². The fourth-order valence-corrected chi connectivity index (χ4v) is 5.61. The lowest BCUT2D eigenvalue weighted by Crippen LogP contribution is -2.48. The lowest BCUT2D eigenvalue weighted by atomic mass is 10.0. The summed E-state index contributed by atoms with van der Waals surface area (Å²) in [6, 6.07) is 10.00. The zero-order valence-corrected chi connectivity index (χ0v) is 18.5. The molecule has 7 nitrogen and oxygen atoms in total. The molecule has 0 aromatic heterocycles. The van der Waals surface area contributed by atoms with Gasteiger partial charge in [0, 0.05) is 37.1 Å². The van der Waals surface area contributed by atoms with Crippen molar-refractivity contribution in [2.75, 3.05) is 25.9 Å². The number of piperidine rings is 1. The van der Waals surface area contributed by atoms with Gasteiger partial charge in [0.15, 0.2) is 9.84 Å². The Hall–Kier alpha value is -2.32. The van der Waals surface area contributed by atoms with Gasteiger partial charge in [-0.1, -0.05) is 30.7 Å². The van der Waals surface area contributed by atoms with Crippen LogP contribution in [0.1, 0.15) is 19.8 Å². The Morgan fingerprint density at radius 2 is 1.77 bits per heavy atom. The number of carboxylic acid groups (broad SMARTS) is 1. The van der Waals surface area contributed by atoms with Gasteiger partial charge in [-0.3, -0.25) is 4.79 Å². The van der Waals surface area contributed by atoms with Crippen LogP contribution >= 0.6 is 11.6 Å². The molecule has 2 amide bonds. The molecule has 0 bridgehead atoms. The van der Waals surface area contributed by atoms with E-state index >= 15 is 0 Å². The van der Waals surface area contributed by atoms with Crippen molar-refractivity contribution in [1.29, 1.82) is 0 Å². The summed E-state index contributed by atoms with van der Waals surface area (Å²) < 4.78 is 25.8. The second-order valence-electron chi connectivity index (χ2n) is 7.79. The van der Waals surface area contributed by atoms with Crippen LogP contribution in [0.15, 0.2) is 41.3 Å². The number of hydrogen-bond acceptors (Lipinski definition) is 4. The second kappa shape index (κ2) is 8.81. The second-order valence-corrected chi connectivity index (χ2v) is 10.3. The molecule has 1 aliphatic heterocycles. The van der Waals surface area contributed by atoms with Crippen molar-refractivity contribution >= 4 is 44.2 Å². The molecule has 1 aliphatic rings. The topological polar surface area (TPSA) is 95.0 Å². The van der Waals surface area contributed by atoms with E-state index in [1.807, 2.05) is 0 Å². The van der Waals surface area contributed by atoms with E-state index in [1.165, 1.54) is 11.0 Å². The molecule has 1 saturated heterocycles. The number of fused-ring (bicyclic) bond motifs is 1. The molecule has 3 rings (SSSR count). The molecule has 1 heterocycles. The Morgan fingerprint density at radius 3 is 2.40 bits per heavy atom. The maximum atomic E-state index is 12.9. The normalized spacial score (nSPS) is 16.4. The third-order valence-electron chi connectivity index (χ3n) is 5.65. The predicted molar refractivity (Wildman–Crippen MR) is 116 cm³/mol. The van der Waals surface area contributed by atoms with Gasteiger partial charge in [0.05, 0.1) is 10.6 Å². The van der Waals surface area contributed by atoms with Crippen LogP contribution in [-0.2, 0) is 14.6 Å². The first-order valence-electron chi connectivity index (χ1n) is 9.75. The van der Waals surface area contributed by atoms with Gasteiger partial charge in [-0.15, -0.1) is 0 Å². The fourth-order valence-electron chi connectivity index (χ4n) is 3.86. The third kappa shape index (κ3) is 4.87. The zero-order valence-electron chi connectivity index (χ0n) is 16.9. The quantitative estimate of drug-likeness (QED) is 0.749. The first kappa shape index (κ1) is 22.4. The van der Waals surface area contributed by atoms with E-state index in [0.29, 0.717) is 31.0 Å². The monoisotopic (exact) mass is 452 g/mol. The number of hydrogen-bond donors (Lipinski definition) is 1. The number of amides is 2. The van der Waals surface area contributed by atoms with Crippen molar-refractivity contribution in [2.24, 2.45) is 5.92 Å². The van der Waals surface area contributed by atoms with Crippen molar-refractivity contribution in [3.63, 3.8) is 0 Å². The van der Waals surface area contributed by atoms with Crippen LogP contribution < -0.4 is 0 Å². The lowest BCUT2D eigenvalue weighted by Gasteiger charge is -2.36. The molecule has 0 saturated carbocycles. The molecular formula is C21H25ClN2O5S. The number of likely N-dealkylation sites (tertiary alicyclic amines) is 1. The molecule has 2 aromatic carbocycles. The number of carbonyl (C=O) groups is 2.